The number of pyridine rings is 1. The fourth-order valence-electron chi connectivity index (χ4n) is 5.28. The van der Waals surface area contributed by atoms with Crippen LogP contribution in [-0.4, -0.2) is 70.8 Å². The van der Waals surface area contributed by atoms with E-state index < -0.39 is 0 Å². The first-order valence-electron chi connectivity index (χ1n) is 11.3. The van der Waals surface area contributed by atoms with Crippen LogP contribution in [0.1, 0.15) is 54.7 Å². The monoisotopic (exact) mass is 424 g/mol. The number of nitrogens with zero attached hydrogens (tertiary/aromatic N) is 6. The molecule has 0 radical (unpaired) electrons. The largest absolute Gasteiger partial charge is 0.354 e. The molecule has 0 N–H and O–H groups in total. The smallest absolute Gasteiger partial charge is 0.189 e. The van der Waals surface area contributed by atoms with E-state index in [1.807, 2.05) is 6.20 Å². The van der Waals surface area contributed by atoms with Gasteiger partial charge in [-0.25, -0.2) is 9.97 Å². The number of anilines is 1. The molecule has 0 bridgehead atoms. The predicted octanol–water partition coefficient (Wildman–Crippen LogP) is 3.56. The highest BCUT2D eigenvalue weighted by atomic mass is 32.2. The molecule has 0 spiro atoms. The fourth-order valence-corrected chi connectivity index (χ4v) is 5.66. The normalized spacial score (nSPS) is 25.5. The lowest BCUT2D eigenvalue weighted by Crippen LogP contribution is -2.45. The van der Waals surface area contributed by atoms with Crippen molar-refractivity contribution in [2.75, 3.05) is 50.9 Å². The molecule has 2 aliphatic heterocycles. The quantitative estimate of drug-likeness (QED) is 0.549. The Morgan fingerprint density at radius 3 is 2.67 bits per heavy atom. The van der Waals surface area contributed by atoms with Gasteiger partial charge in [-0.2, -0.15) is 0 Å². The average molecular weight is 425 g/mol. The maximum atomic E-state index is 5.00. The van der Waals surface area contributed by atoms with Crippen LogP contribution in [-0.2, 0) is 6.42 Å². The Hall–Kier alpha value is -1.70. The topological polar surface area (TPSA) is 48.4 Å². The highest BCUT2D eigenvalue weighted by Gasteiger charge is 2.36. The van der Waals surface area contributed by atoms with E-state index in [9.17, 15) is 0 Å². The summed E-state index contributed by atoms with van der Waals surface area (Å²) in [7, 11) is 2.20. The summed E-state index contributed by atoms with van der Waals surface area (Å²) in [6, 6.07) is 7.41. The van der Waals surface area contributed by atoms with E-state index in [0.29, 0.717) is 12.1 Å². The molecule has 2 atom stereocenters. The van der Waals surface area contributed by atoms with Crippen molar-refractivity contribution in [3.05, 3.63) is 41.3 Å². The van der Waals surface area contributed by atoms with Crippen LogP contribution in [0.3, 0.4) is 0 Å². The van der Waals surface area contributed by atoms with Gasteiger partial charge >= 0.3 is 0 Å². The van der Waals surface area contributed by atoms with Gasteiger partial charge in [-0.05, 0) is 63.6 Å². The molecule has 30 heavy (non-hydrogen) atoms. The molecule has 3 aliphatic rings. The van der Waals surface area contributed by atoms with Gasteiger partial charge in [-0.15, -0.1) is 0 Å². The van der Waals surface area contributed by atoms with Crippen molar-refractivity contribution in [1.29, 1.82) is 0 Å². The lowest BCUT2D eigenvalue weighted by molar-refractivity contribution is 0.156. The number of likely N-dealkylation sites (tertiary alicyclic amines) is 1. The Morgan fingerprint density at radius 2 is 1.83 bits per heavy atom. The molecule has 0 aromatic carbocycles. The van der Waals surface area contributed by atoms with Crippen molar-refractivity contribution in [2.45, 2.75) is 49.3 Å². The third kappa shape index (κ3) is 3.95. The fraction of sp³-hybridized carbons (Fsp3) is 0.609. The summed E-state index contributed by atoms with van der Waals surface area (Å²) in [5.74, 6) is 1.10. The first-order chi connectivity index (χ1) is 14.7. The van der Waals surface area contributed by atoms with Gasteiger partial charge in [0, 0.05) is 38.4 Å². The number of aromatic nitrogens is 3. The van der Waals surface area contributed by atoms with Gasteiger partial charge in [0.2, 0.25) is 0 Å². The van der Waals surface area contributed by atoms with Gasteiger partial charge in [0.25, 0.3) is 0 Å². The van der Waals surface area contributed by atoms with Crippen LogP contribution in [0.4, 0.5) is 5.82 Å². The number of fused-ring (bicyclic) bond motifs is 1. The molecule has 0 amide bonds. The molecule has 2 aromatic rings. The second-order valence-electron chi connectivity index (χ2n) is 8.78. The molecule has 5 rings (SSSR count). The van der Waals surface area contributed by atoms with E-state index in [1.54, 1.807) is 11.8 Å². The SMILES string of the molecule is CSc1nc([C@@H]2CCCN2[C@H]2CCCc3cccnc32)cc(N2CCN(C)CC2)n1. The molecular formula is C23H32N6S. The molecule has 2 saturated heterocycles. The number of thioether (sulfide) groups is 1. The first kappa shape index (κ1) is 20.2. The van der Waals surface area contributed by atoms with Gasteiger partial charge in [0.15, 0.2) is 5.16 Å². The van der Waals surface area contributed by atoms with E-state index in [-0.39, 0.29) is 0 Å². The van der Waals surface area contributed by atoms with Crippen LogP contribution in [0.2, 0.25) is 0 Å². The van der Waals surface area contributed by atoms with E-state index in [4.69, 9.17) is 15.0 Å². The number of likely N-dealkylation sites (N-methyl/N-ethyl adjacent to an activating group) is 1. The van der Waals surface area contributed by atoms with E-state index in [1.165, 1.54) is 42.6 Å². The van der Waals surface area contributed by atoms with Gasteiger partial charge in [0.1, 0.15) is 5.82 Å². The number of piperazine rings is 1. The zero-order valence-corrected chi connectivity index (χ0v) is 18.9. The summed E-state index contributed by atoms with van der Waals surface area (Å²) >= 11 is 1.66. The van der Waals surface area contributed by atoms with Crippen LogP contribution in [0.25, 0.3) is 0 Å². The summed E-state index contributed by atoms with van der Waals surface area (Å²) in [4.78, 5) is 22.2. The highest BCUT2D eigenvalue weighted by molar-refractivity contribution is 7.98. The Kier molecular flexibility index (Phi) is 5.94. The van der Waals surface area contributed by atoms with Crippen molar-refractivity contribution in [3.63, 3.8) is 0 Å². The molecule has 1 aliphatic carbocycles. The minimum Gasteiger partial charge on any atom is -0.354 e. The minimum atomic E-state index is 0.364. The molecule has 7 heteroatoms. The zero-order valence-electron chi connectivity index (χ0n) is 18.1. The highest BCUT2D eigenvalue weighted by Crippen LogP contribution is 2.43. The van der Waals surface area contributed by atoms with Crippen LogP contribution >= 0.6 is 11.8 Å². The van der Waals surface area contributed by atoms with Crippen molar-refractivity contribution >= 4 is 17.6 Å². The van der Waals surface area contributed by atoms with Gasteiger partial charge in [-0.3, -0.25) is 9.88 Å². The van der Waals surface area contributed by atoms with Crippen molar-refractivity contribution in [2.24, 2.45) is 0 Å². The Morgan fingerprint density at radius 1 is 1.00 bits per heavy atom. The Labute approximate surface area is 184 Å². The Balaban J connectivity index is 1.45. The van der Waals surface area contributed by atoms with Crippen molar-refractivity contribution < 1.29 is 0 Å². The standard InChI is InChI=1S/C23H32N6S/c1-27-12-14-28(15-13-27)21-16-18(25-23(26-21)30-2)19-9-5-11-29(19)20-8-3-6-17-7-4-10-24-22(17)20/h4,7,10,16,19-20H,3,5-6,8-9,11-15H2,1-2H3/t19-,20-/m0/s1. The number of hydrogen-bond donors (Lipinski definition) is 0. The summed E-state index contributed by atoms with van der Waals surface area (Å²) < 4.78 is 0. The molecular weight excluding hydrogens is 392 g/mol. The van der Waals surface area contributed by atoms with E-state index in [0.717, 1.165) is 50.1 Å². The molecule has 0 saturated carbocycles. The summed E-state index contributed by atoms with van der Waals surface area (Å²) in [5, 5.41) is 0.899. The number of hydrogen-bond acceptors (Lipinski definition) is 7. The first-order valence-corrected chi connectivity index (χ1v) is 12.5. The second kappa shape index (κ2) is 8.81. The number of rotatable bonds is 4. The van der Waals surface area contributed by atoms with Gasteiger partial charge in [-0.1, -0.05) is 17.8 Å². The second-order valence-corrected chi connectivity index (χ2v) is 9.55. The van der Waals surface area contributed by atoms with Gasteiger partial charge in [0.05, 0.1) is 23.5 Å². The minimum absolute atomic E-state index is 0.364. The third-order valence-electron chi connectivity index (χ3n) is 6.92. The van der Waals surface area contributed by atoms with Crippen LogP contribution < -0.4 is 4.90 Å². The molecule has 6 nitrogen and oxygen atoms in total. The molecule has 4 heterocycles. The van der Waals surface area contributed by atoms with Gasteiger partial charge < -0.3 is 9.80 Å². The summed E-state index contributed by atoms with van der Waals surface area (Å²) in [5.41, 5.74) is 3.93. The van der Waals surface area contributed by atoms with Crippen molar-refractivity contribution in [3.8, 4) is 0 Å². The molecule has 0 unspecified atom stereocenters. The number of aryl methyl sites for hydroxylation is 1. The van der Waals surface area contributed by atoms with Crippen LogP contribution in [0, 0.1) is 0 Å². The predicted molar refractivity (Wildman–Crippen MR) is 122 cm³/mol. The zero-order chi connectivity index (χ0) is 20.5. The average Bonchev–Trinajstić information content (AvgIpc) is 3.28. The maximum absolute atomic E-state index is 5.00. The van der Waals surface area contributed by atoms with Crippen LogP contribution in [0.5, 0.6) is 0 Å². The Bertz CT molecular complexity index is 882. The van der Waals surface area contributed by atoms with E-state index >= 15 is 0 Å². The maximum Gasteiger partial charge on any atom is 0.189 e. The molecule has 160 valence electrons. The third-order valence-corrected chi connectivity index (χ3v) is 7.47. The lowest BCUT2D eigenvalue weighted by Gasteiger charge is -2.36. The molecule has 2 aromatic heterocycles. The van der Waals surface area contributed by atoms with Crippen molar-refractivity contribution in [1.82, 2.24) is 24.8 Å². The lowest BCUT2D eigenvalue weighted by atomic mass is 9.90. The van der Waals surface area contributed by atoms with E-state index in [2.05, 4.69) is 46.2 Å². The summed E-state index contributed by atoms with van der Waals surface area (Å²) in [6.07, 6.45) is 10.1. The molecule has 2 fully saturated rings. The summed E-state index contributed by atoms with van der Waals surface area (Å²) in [6.45, 7) is 5.39. The van der Waals surface area contributed by atoms with Crippen LogP contribution in [0.15, 0.2) is 29.6 Å².